The van der Waals surface area contributed by atoms with Crippen molar-refractivity contribution in [1.82, 2.24) is 0 Å². The molecule has 0 amide bonds. The molecular formula is C8H12N2O6S2. The SMILES string of the molecule is O=C=NS(=O)(=O)CCCCCCS(=O)(=O)N=C=O. The van der Waals surface area contributed by atoms with Gasteiger partial charge in [0.1, 0.15) is 0 Å². The maximum Gasteiger partial charge on any atom is 0.263 e. The highest BCUT2D eigenvalue weighted by Crippen LogP contribution is 2.06. The average Bonchev–Trinajstić information content (AvgIpc) is 2.22. The van der Waals surface area contributed by atoms with E-state index in [1.807, 2.05) is 0 Å². The van der Waals surface area contributed by atoms with E-state index in [9.17, 15) is 26.4 Å². The van der Waals surface area contributed by atoms with Crippen molar-refractivity contribution in [3.63, 3.8) is 0 Å². The number of rotatable bonds is 9. The molecule has 0 aliphatic rings. The van der Waals surface area contributed by atoms with Gasteiger partial charge in [0, 0.05) is 0 Å². The lowest BCUT2D eigenvalue weighted by molar-refractivity contribution is 0.560. The minimum Gasteiger partial charge on any atom is -0.210 e. The van der Waals surface area contributed by atoms with Crippen LogP contribution in [0.5, 0.6) is 0 Å². The molecule has 10 heteroatoms. The van der Waals surface area contributed by atoms with Crippen LogP contribution in [-0.4, -0.2) is 40.5 Å². The first kappa shape index (κ1) is 16.7. The Morgan fingerprint density at radius 3 is 1.28 bits per heavy atom. The summed E-state index contributed by atoms with van der Waals surface area (Å²) in [4.78, 5) is 19.5. The number of hydrogen-bond donors (Lipinski definition) is 0. The second-order valence-corrected chi connectivity index (χ2v) is 6.86. The molecule has 102 valence electrons. The largest absolute Gasteiger partial charge is 0.263 e. The van der Waals surface area contributed by atoms with Crippen LogP contribution in [0, 0.1) is 0 Å². The van der Waals surface area contributed by atoms with Crippen molar-refractivity contribution in [3.8, 4) is 0 Å². The van der Waals surface area contributed by atoms with Crippen LogP contribution in [0.2, 0.25) is 0 Å². The zero-order valence-corrected chi connectivity index (χ0v) is 11.0. The molecule has 0 aliphatic carbocycles. The standard InChI is InChI=1S/C8H12N2O6S2/c11-7-9-17(13,14)5-3-1-2-4-6-18(15,16)10-8-12/h1-6H2. The minimum atomic E-state index is -3.74. The van der Waals surface area contributed by atoms with Crippen LogP contribution in [0.15, 0.2) is 8.80 Å². The number of carbonyl (C=O) groups excluding carboxylic acids is 2. The van der Waals surface area contributed by atoms with Gasteiger partial charge in [-0.05, 0) is 12.8 Å². The first-order valence-electron chi connectivity index (χ1n) is 4.96. The zero-order valence-electron chi connectivity index (χ0n) is 9.40. The van der Waals surface area contributed by atoms with Crippen molar-refractivity contribution < 1.29 is 26.4 Å². The molecule has 0 saturated carbocycles. The van der Waals surface area contributed by atoms with Gasteiger partial charge in [0.05, 0.1) is 11.5 Å². The van der Waals surface area contributed by atoms with Crippen molar-refractivity contribution in [2.75, 3.05) is 11.5 Å². The van der Waals surface area contributed by atoms with Gasteiger partial charge >= 0.3 is 0 Å². The molecule has 0 aliphatic heterocycles. The summed E-state index contributed by atoms with van der Waals surface area (Å²) < 4.78 is 49.0. The summed E-state index contributed by atoms with van der Waals surface area (Å²) >= 11 is 0. The van der Waals surface area contributed by atoms with Crippen LogP contribution in [0.4, 0.5) is 0 Å². The van der Waals surface area contributed by atoms with Gasteiger partial charge in [-0.15, -0.1) is 0 Å². The molecule has 0 bridgehead atoms. The topological polar surface area (TPSA) is 127 Å². The molecule has 0 aromatic rings. The van der Waals surface area contributed by atoms with E-state index in [1.54, 1.807) is 0 Å². The fourth-order valence-corrected chi connectivity index (χ4v) is 2.67. The Kier molecular flexibility index (Phi) is 7.30. The molecular weight excluding hydrogens is 284 g/mol. The van der Waals surface area contributed by atoms with Crippen LogP contribution in [0.3, 0.4) is 0 Å². The van der Waals surface area contributed by atoms with Gasteiger partial charge in [0.25, 0.3) is 32.2 Å². The number of hydrogen-bond acceptors (Lipinski definition) is 6. The summed E-state index contributed by atoms with van der Waals surface area (Å²) in [6.07, 6.45) is 3.37. The maximum atomic E-state index is 10.9. The molecule has 18 heavy (non-hydrogen) atoms. The number of sulfonamides is 2. The molecule has 0 atom stereocenters. The highest BCUT2D eigenvalue weighted by molar-refractivity contribution is 7.90. The van der Waals surface area contributed by atoms with E-state index >= 15 is 0 Å². The second-order valence-electron chi connectivity index (χ2n) is 3.35. The number of unbranched alkanes of at least 4 members (excludes halogenated alkanes) is 3. The molecule has 0 N–H and O–H groups in total. The smallest absolute Gasteiger partial charge is 0.210 e. The summed E-state index contributed by atoms with van der Waals surface area (Å²) in [5.41, 5.74) is 0. The fourth-order valence-electron chi connectivity index (χ4n) is 1.13. The first-order valence-corrected chi connectivity index (χ1v) is 8.18. The lowest BCUT2D eigenvalue weighted by Gasteiger charge is -1.99. The Labute approximate surface area is 105 Å². The third kappa shape index (κ3) is 8.77. The van der Waals surface area contributed by atoms with Gasteiger partial charge in [-0.2, -0.15) is 0 Å². The predicted molar refractivity (Wildman–Crippen MR) is 62.3 cm³/mol. The van der Waals surface area contributed by atoms with Crippen LogP contribution < -0.4 is 0 Å². The number of nitrogens with zero attached hydrogens (tertiary/aromatic N) is 2. The number of isocyanates is 2. The van der Waals surface area contributed by atoms with E-state index in [1.165, 1.54) is 0 Å². The van der Waals surface area contributed by atoms with E-state index in [4.69, 9.17) is 0 Å². The molecule has 0 saturated heterocycles. The quantitative estimate of drug-likeness (QED) is 0.331. The van der Waals surface area contributed by atoms with Crippen molar-refractivity contribution in [1.29, 1.82) is 0 Å². The molecule has 8 nitrogen and oxygen atoms in total. The lowest BCUT2D eigenvalue weighted by Crippen LogP contribution is -2.04. The second kappa shape index (κ2) is 7.88. The van der Waals surface area contributed by atoms with Crippen LogP contribution >= 0.6 is 0 Å². The Bertz CT molecular complexity index is 500. The van der Waals surface area contributed by atoms with E-state index in [-0.39, 0.29) is 24.3 Å². The lowest BCUT2D eigenvalue weighted by atomic mass is 10.2. The van der Waals surface area contributed by atoms with Gasteiger partial charge in [-0.1, -0.05) is 21.6 Å². The van der Waals surface area contributed by atoms with E-state index in [2.05, 4.69) is 8.80 Å². The average molecular weight is 296 g/mol. The Morgan fingerprint density at radius 1 is 0.667 bits per heavy atom. The fraction of sp³-hybridized carbons (Fsp3) is 0.750. The van der Waals surface area contributed by atoms with Crippen LogP contribution in [-0.2, 0) is 29.6 Å². The molecule has 0 rings (SSSR count). The van der Waals surface area contributed by atoms with Crippen molar-refractivity contribution in [2.24, 2.45) is 8.80 Å². The monoisotopic (exact) mass is 296 g/mol. The van der Waals surface area contributed by atoms with Gasteiger partial charge in [-0.3, -0.25) is 0 Å². The molecule has 0 aromatic heterocycles. The van der Waals surface area contributed by atoms with Gasteiger partial charge in [0.2, 0.25) is 0 Å². The Hall–Kier alpha value is -1.34. The van der Waals surface area contributed by atoms with Crippen molar-refractivity contribution >= 4 is 32.2 Å². The Balaban J connectivity index is 3.84. The summed E-state index contributed by atoms with van der Waals surface area (Å²) in [6.45, 7) is 0. The Morgan fingerprint density at radius 2 is 1.00 bits per heavy atom. The minimum absolute atomic E-state index is 0.268. The van der Waals surface area contributed by atoms with E-state index < -0.39 is 20.0 Å². The highest BCUT2D eigenvalue weighted by Gasteiger charge is 2.09. The molecule has 0 heterocycles. The van der Waals surface area contributed by atoms with Crippen LogP contribution in [0.1, 0.15) is 25.7 Å². The zero-order chi connectivity index (χ0) is 14.1. The molecule has 0 spiro atoms. The third-order valence-electron chi connectivity index (χ3n) is 1.91. The van der Waals surface area contributed by atoms with Gasteiger partial charge in [0.15, 0.2) is 0 Å². The molecule has 0 aromatic carbocycles. The molecule has 0 radical (unpaired) electrons. The maximum absolute atomic E-state index is 10.9. The first-order chi connectivity index (χ1) is 8.33. The summed E-state index contributed by atoms with van der Waals surface area (Å²) in [7, 11) is -7.49. The molecule has 0 fully saturated rings. The van der Waals surface area contributed by atoms with E-state index in [0.29, 0.717) is 12.8 Å². The predicted octanol–water partition coefficient (Wildman–Crippen LogP) is -0.122. The van der Waals surface area contributed by atoms with E-state index in [0.717, 1.165) is 12.2 Å². The van der Waals surface area contributed by atoms with Gasteiger partial charge < -0.3 is 0 Å². The highest BCUT2D eigenvalue weighted by atomic mass is 32.2. The third-order valence-corrected chi connectivity index (χ3v) is 4.22. The molecule has 0 unspecified atom stereocenters. The summed E-state index contributed by atoms with van der Waals surface area (Å²) in [5, 5.41) is 0. The van der Waals surface area contributed by atoms with Crippen molar-refractivity contribution in [3.05, 3.63) is 0 Å². The summed E-state index contributed by atoms with van der Waals surface area (Å²) in [6, 6.07) is 0. The van der Waals surface area contributed by atoms with Crippen molar-refractivity contribution in [2.45, 2.75) is 25.7 Å². The van der Waals surface area contributed by atoms with Crippen LogP contribution in [0.25, 0.3) is 0 Å². The van der Waals surface area contributed by atoms with Gasteiger partial charge in [-0.25, -0.2) is 26.4 Å². The normalized spacial score (nSPS) is 11.3. The summed E-state index contributed by atoms with van der Waals surface area (Å²) in [5.74, 6) is -0.553.